The van der Waals surface area contributed by atoms with Gasteiger partial charge < -0.3 is 0 Å². The molecule has 0 saturated carbocycles. The van der Waals surface area contributed by atoms with Gasteiger partial charge in [0.25, 0.3) is 0 Å². The summed E-state index contributed by atoms with van der Waals surface area (Å²) in [5.41, 5.74) is 1.24. The summed E-state index contributed by atoms with van der Waals surface area (Å²) >= 11 is 1.16. The van der Waals surface area contributed by atoms with E-state index in [1.54, 1.807) is 0 Å². The third-order valence-electron chi connectivity index (χ3n) is 1.88. The van der Waals surface area contributed by atoms with Gasteiger partial charge >= 0.3 is 94.2 Å². The summed E-state index contributed by atoms with van der Waals surface area (Å²) in [5.74, 6) is -0.210. The summed E-state index contributed by atoms with van der Waals surface area (Å²) in [6.45, 7) is 3.36. The number of rotatable bonds is 3. The van der Waals surface area contributed by atoms with Crippen molar-refractivity contribution in [1.29, 1.82) is 0 Å². The van der Waals surface area contributed by atoms with Crippen molar-refractivity contribution in [2.75, 3.05) is 0 Å². The molecule has 0 bridgehead atoms. The Hall–Kier alpha value is -0.397. The van der Waals surface area contributed by atoms with E-state index in [9.17, 15) is 4.79 Å². The SMILES string of the molecule is CC(=O)OC(C)Cc1ccc[c]([Zn])c1.Cl. The molecule has 0 spiro atoms. The second-order valence-electron chi connectivity index (χ2n) is 3.44. The zero-order valence-corrected chi connectivity index (χ0v) is 12.8. The number of hydrogen-bond acceptors (Lipinski definition) is 2. The molecule has 1 aromatic rings. The molecule has 0 heterocycles. The molecule has 0 radical (unpaired) electrons. The zero-order valence-electron chi connectivity index (χ0n) is 9.03. The number of halogens is 1. The minimum atomic E-state index is -0.210. The van der Waals surface area contributed by atoms with Crippen molar-refractivity contribution in [2.24, 2.45) is 0 Å². The molecule has 0 aliphatic rings. The smallest absolute Gasteiger partial charge is 0.147 e. The largest absolute Gasteiger partial charge is 0.147 e. The molecule has 79 valence electrons. The molecule has 0 aliphatic heterocycles. The Labute approximate surface area is 106 Å². The quantitative estimate of drug-likeness (QED) is 0.622. The van der Waals surface area contributed by atoms with Crippen molar-refractivity contribution < 1.29 is 27.8 Å². The van der Waals surface area contributed by atoms with Gasteiger partial charge in [0.15, 0.2) is 0 Å². The average molecular weight is 279 g/mol. The molecule has 0 amide bonds. The number of esters is 1. The first-order chi connectivity index (χ1) is 6.58. The maximum Gasteiger partial charge on any atom is -0.147 e. The van der Waals surface area contributed by atoms with Gasteiger partial charge in [-0.3, -0.25) is 0 Å². The second-order valence-corrected chi connectivity index (χ2v) is 5.16. The minimum Gasteiger partial charge on any atom is -0.147 e. The van der Waals surface area contributed by atoms with Crippen LogP contribution in [0.5, 0.6) is 0 Å². The first kappa shape index (κ1) is 14.6. The topological polar surface area (TPSA) is 26.3 Å². The van der Waals surface area contributed by atoms with Crippen molar-refractivity contribution in [3.05, 3.63) is 29.8 Å². The summed E-state index contributed by atoms with van der Waals surface area (Å²) in [6.07, 6.45) is 0.766. The van der Waals surface area contributed by atoms with Crippen molar-refractivity contribution in [3.63, 3.8) is 0 Å². The Morgan fingerprint density at radius 2 is 2.20 bits per heavy atom. The normalized spacial score (nSPS) is 11.5. The van der Waals surface area contributed by atoms with Gasteiger partial charge in [-0.1, -0.05) is 0 Å². The van der Waals surface area contributed by atoms with E-state index in [-0.39, 0.29) is 24.5 Å². The minimum absolute atomic E-state index is 0. The Morgan fingerprint density at radius 3 is 2.73 bits per heavy atom. The Balaban J connectivity index is 0.00000196. The monoisotopic (exact) mass is 277 g/mol. The van der Waals surface area contributed by atoms with Crippen LogP contribution in [0.15, 0.2) is 24.3 Å². The van der Waals surface area contributed by atoms with Crippen molar-refractivity contribution in [1.82, 2.24) is 0 Å². The summed E-state index contributed by atoms with van der Waals surface area (Å²) in [5, 5.41) is 0. The van der Waals surface area contributed by atoms with Crippen LogP contribution in [0.1, 0.15) is 19.4 Å². The van der Waals surface area contributed by atoms with Gasteiger partial charge in [-0.25, -0.2) is 0 Å². The summed E-state index contributed by atoms with van der Waals surface area (Å²) in [7, 11) is 0. The molecule has 0 fully saturated rings. The van der Waals surface area contributed by atoms with Gasteiger partial charge in [0.05, 0.1) is 0 Å². The number of carbonyl (C=O) groups is 1. The maximum atomic E-state index is 10.7. The molecular formula is C11H14ClO2Zn. The van der Waals surface area contributed by atoms with Crippen LogP contribution in [0.3, 0.4) is 0 Å². The molecule has 1 aromatic carbocycles. The van der Waals surface area contributed by atoms with Gasteiger partial charge in [-0.15, -0.1) is 12.4 Å². The predicted octanol–water partition coefficient (Wildman–Crippen LogP) is 1.77. The van der Waals surface area contributed by atoms with Gasteiger partial charge in [0, 0.05) is 0 Å². The van der Waals surface area contributed by atoms with Crippen molar-refractivity contribution in [2.45, 2.75) is 26.4 Å². The zero-order chi connectivity index (χ0) is 10.6. The van der Waals surface area contributed by atoms with E-state index in [1.165, 1.54) is 16.6 Å². The Kier molecular flexibility index (Phi) is 6.79. The maximum absolute atomic E-state index is 10.7. The van der Waals surface area contributed by atoms with Crippen LogP contribution in [0.4, 0.5) is 0 Å². The van der Waals surface area contributed by atoms with Gasteiger partial charge in [0.2, 0.25) is 0 Å². The van der Waals surface area contributed by atoms with Crippen LogP contribution in [0, 0.1) is 0 Å². The molecule has 15 heavy (non-hydrogen) atoms. The molecule has 2 nitrogen and oxygen atoms in total. The molecule has 0 N–H and O–H groups in total. The number of carbonyl (C=O) groups excluding carboxylic acids is 1. The van der Waals surface area contributed by atoms with Crippen LogP contribution < -0.4 is 4.16 Å². The van der Waals surface area contributed by atoms with Crippen LogP contribution in [0.25, 0.3) is 0 Å². The fraction of sp³-hybridized carbons (Fsp3) is 0.364. The molecule has 0 saturated heterocycles. The molecule has 1 unspecified atom stereocenters. The number of benzene rings is 1. The molecule has 1 rings (SSSR count). The van der Waals surface area contributed by atoms with Crippen LogP contribution in [-0.2, 0) is 34.3 Å². The first-order valence-electron chi connectivity index (χ1n) is 4.66. The Bertz CT molecular complexity index is 328. The standard InChI is InChI=1S/C11H13O2.ClH.Zn/c1-9(13-10(2)12)8-11-6-4-3-5-7-11;;/h3-4,6-7,9H,8H2,1-2H3;1H;. The van der Waals surface area contributed by atoms with Gasteiger partial charge in [-0.2, -0.15) is 0 Å². The van der Waals surface area contributed by atoms with E-state index in [2.05, 4.69) is 24.3 Å². The summed E-state index contributed by atoms with van der Waals surface area (Å²) in [6, 6.07) is 8.40. The third-order valence-corrected chi connectivity index (χ3v) is 2.80. The fourth-order valence-corrected chi connectivity index (χ4v) is 2.25. The average Bonchev–Trinajstić information content (AvgIpc) is 2.01. The van der Waals surface area contributed by atoms with Crippen LogP contribution >= 0.6 is 12.4 Å². The summed E-state index contributed by atoms with van der Waals surface area (Å²) < 4.78 is 6.42. The van der Waals surface area contributed by atoms with Crippen molar-refractivity contribution >= 4 is 22.5 Å². The van der Waals surface area contributed by atoms with E-state index in [0.29, 0.717) is 0 Å². The van der Waals surface area contributed by atoms with Crippen molar-refractivity contribution in [3.8, 4) is 0 Å². The first-order valence-corrected chi connectivity index (χ1v) is 6.14. The fourth-order valence-electron chi connectivity index (χ4n) is 1.41. The van der Waals surface area contributed by atoms with Crippen LogP contribution in [-0.4, -0.2) is 12.1 Å². The van der Waals surface area contributed by atoms with E-state index in [0.717, 1.165) is 24.7 Å². The molecule has 0 aromatic heterocycles. The third kappa shape index (κ3) is 5.91. The Morgan fingerprint density at radius 1 is 1.53 bits per heavy atom. The van der Waals surface area contributed by atoms with E-state index < -0.39 is 0 Å². The van der Waals surface area contributed by atoms with E-state index >= 15 is 0 Å². The summed E-state index contributed by atoms with van der Waals surface area (Å²) in [4.78, 5) is 10.7. The second kappa shape index (κ2) is 6.97. The molecular weight excluding hydrogens is 265 g/mol. The number of ether oxygens (including phenoxy) is 1. The molecule has 0 aliphatic carbocycles. The molecule has 4 heteroatoms. The molecule has 1 atom stereocenters. The van der Waals surface area contributed by atoms with Crippen LogP contribution in [0.2, 0.25) is 0 Å². The van der Waals surface area contributed by atoms with Gasteiger partial charge in [-0.05, 0) is 0 Å². The number of hydrogen-bond donors (Lipinski definition) is 0. The predicted molar refractivity (Wildman–Crippen MR) is 58.3 cm³/mol. The van der Waals surface area contributed by atoms with Gasteiger partial charge in [0.1, 0.15) is 0 Å². The van der Waals surface area contributed by atoms with E-state index in [4.69, 9.17) is 4.74 Å². The van der Waals surface area contributed by atoms with E-state index in [1.807, 2.05) is 6.92 Å².